The van der Waals surface area contributed by atoms with Gasteiger partial charge in [0.05, 0.1) is 12.6 Å². The van der Waals surface area contributed by atoms with E-state index in [9.17, 15) is 0 Å². The number of halogens is 1. The van der Waals surface area contributed by atoms with E-state index in [4.69, 9.17) is 5.26 Å². The molecular weight excluding hydrogens is 162 g/mol. The molecule has 0 aliphatic carbocycles. The van der Waals surface area contributed by atoms with Crippen LogP contribution in [0.4, 0.5) is 0 Å². The predicted molar refractivity (Wildman–Crippen MR) is 46.8 cm³/mol. The molecule has 0 N–H and O–H groups in total. The molecule has 1 fully saturated rings. The molecule has 0 aromatic carbocycles. The maximum Gasteiger partial charge on any atom is 0.0866 e. The Morgan fingerprint density at radius 2 is 1.82 bits per heavy atom. The molecule has 0 unspecified atom stereocenters. The average Bonchev–Trinajstić information content (AvgIpc) is 1.95. The first-order chi connectivity index (χ1) is 4.83. The van der Waals surface area contributed by atoms with Gasteiger partial charge in [-0.15, -0.1) is 12.4 Å². The highest BCUT2D eigenvalue weighted by Gasteiger charge is 2.11. The van der Waals surface area contributed by atoms with E-state index >= 15 is 0 Å². The van der Waals surface area contributed by atoms with Gasteiger partial charge in [-0.25, -0.2) is 0 Å². The Morgan fingerprint density at radius 1 is 1.27 bits per heavy atom. The normalized spacial score (nSPS) is 20.4. The van der Waals surface area contributed by atoms with Crippen molar-refractivity contribution in [2.45, 2.75) is 0 Å². The molecule has 4 heteroatoms. The summed E-state index contributed by atoms with van der Waals surface area (Å²) in [6.07, 6.45) is 0. The fraction of sp³-hybridized carbons (Fsp3) is 0.857. The molecule has 64 valence electrons. The third kappa shape index (κ3) is 3.57. The Labute approximate surface area is 74.0 Å². The third-order valence-electron chi connectivity index (χ3n) is 1.89. The number of hydrogen-bond donors (Lipinski definition) is 0. The third-order valence-corrected chi connectivity index (χ3v) is 1.89. The van der Waals surface area contributed by atoms with Crippen molar-refractivity contribution in [1.29, 1.82) is 5.26 Å². The lowest BCUT2D eigenvalue weighted by molar-refractivity contribution is 0.168. The van der Waals surface area contributed by atoms with Crippen LogP contribution in [0.1, 0.15) is 0 Å². The molecule has 1 rings (SSSR count). The molecule has 3 nitrogen and oxygen atoms in total. The molecule has 0 saturated carbocycles. The highest BCUT2D eigenvalue weighted by molar-refractivity contribution is 5.85. The van der Waals surface area contributed by atoms with E-state index in [1.54, 1.807) is 0 Å². The van der Waals surface area contributed by atoms with E-state index < -0.39 is 0 Å². The molecule has 11 heavy (non-hydrogen) atoms. The average molecular weight is 176 g/mol. The fourth-order valence-electron chi connectivity index (χ4n) is 1.11. The number of likely N-dealkylation sites (N-methyl/N-ethyl adjacent to an activating group) is 1. The monoisotopic (exact) mass is 175 g/mol. The summed E-state index contributed by atoms with van der Waals surface area (Å²) in [7, 11) is 2.11. The minimum atomic E-state index is 0. The lowest BCUT2D eigenvalue weighted by Crippen LogP contribution is -2.44. The summed E-state index contributed by atoms with van der Waals surface area (Å²) in [5.74, 6) is 0. The van der Waals surface area contributed by atoms with Gasteiger partial charge in [0.1, 0.15) is 0 Å². The zero-order valence-electron chi connectivity index (χ0n) is 6.79. The molecule has 1 heterocycles. The van der Waals surface area contributed by atoms with Gasteiger partial charge in [0.2, 0.25) is 0 Å². The van der Waals surface area contributed by atoms with Crippen molar-refractivity contribution < 1.29 is 0 Å². The number of nitriles is 1. The molecule has 1 saturated heterocycles. The summed E-state index contributed by atoms with van der Waals surface area (Å²) < 4.78 is 0. The second-order valence-corrected chi connectivity index (χ2v) is 2.74. The van der Waals surface area contributed by atoms with Gasteiger partial charge in [0.15, 0.2) is 0 Å². The van der Waals surface area contributed by atoms with E-state index in [1.165, 1.54) is 0 Å². The van der Waals surface area contributed by atoms with Gasteiger partial charge in [-0.1, -0.05) is 0 Å². The number of nitrogens with zero attached hydrogens (tertiary/aromatic N) is 3. The first kappa shape index (κ1) is 10.7. The van der Waals surface area contributed by atoms with E-state index in [1.807, 2.05) is 0 Å². The van der Waals surface area contributed by atoms with Crippen LogP contribution >= 0.6 is 12.4 Å². The van der Waals surface area contributed by atoms with Crippen LogP contribution in [0.25, 0.3) is 0 Å². The molecule has 1 aliphatic heterocycles. The predicted octanol–water partition coefficient (Wildman–Crippen LogP) is 0.179. The van der Waals surface area contributed by atoms with E-state index in [2.05, 4.69) is 22.9 Å². The van der Waals surface area contributed by atoms with Crippen LogP contribution in [0.2, 0.25) is 0 Å². The van der Waals surface area contributed by atoms with E-state index in [-0.39, 0.29) is 12.4 Å². The van der Waals surface area contributed by atoms with Crippen LogP contribution in [-0.4, -0.2) is 49.6 Å². The summed E-state index contributed by atoms with van der Waals surface area (Å²) in [4.78, 5) is 4.47. The van der Waals surface area contributed by atoms with Gasteiger partial charge in [-0.2, -0.15) is 5.26 Å². The smallest absolute Gasteiger partial charge is 0.0866 e. The first-order valence-electron chi connectivity index (χ1n) is 3.61. The molecule has 0 radical (unpaired) electrons. The van der Waals surface area contributed by atoms with Crippen LogP contribution in [-0.2, 0) is 0 Å². The largest absolute Gasteiger partial charge is 0.304 e. The Morgan fingerprint density at radius 3 is 2.27 bits per heavy atom. The number of piperazine rings is 1. The van der Waals surface area contributed by atoms with Crippen LogP contribution in [0.15, 0.2) is 0 Å². The Kier molecular flexibility index (Phi) is 5.22. The van der Waals surface area contributed by atoms with Crippen molar-refractivity contribution in [1.82, 2.24) is 9.80 Å². The maximum absolute atomic E-state index is 8.38. The van der Waals surface area contributed by atoms with Crippen molar-refractivity contribution in [3.05, 3.63) is 0 Å². The van der Waals surface area contributed by atoms with Crippen LogP contribution < -0.4 is 0 Å². The molecule has 0 bridgehead atoms. The van der Waals surface area contributed by atoms with Crippen molar-refractivity contribution in [2.75, 3.05) is 39.8 Å². The lowest BCUT2D eigenvalue weighted by atomic mass is 10.3. The second kappa shape index (κ2) is 5.36. The van der Waals surface area contributed by atoms with Crippen LogP contribution in [0, 0.1) is 11.3 Å². The highest BCUT2D eigenvalue weighted by Crippen LogP contribution is 1.96. The minimum absolute atomic E-state index is 0. The Hall–Kier alpha value is -0.300. The summed E-state index contributed by atoms with van der Waals surface area (Å²) in [5.41, 5.74) is 0. The van der Waals surface area contributed by atoms with Crippen LogP contribution in [0.3, 0.4) is 0 Å². The van der Waals surface area contributed by atoms with Gasteiger partial charge >= 0.3 is 0 Å². The molecule has 0 spiro atoms. The maximum atomic E-state index is 8.38. The standard InChI is InChI=1S/C7H13N3.ClH/c1-9-4-6-10(3-2-8)7-5-9;/h3-7H2,1H3;1H. The number of rotatable bonds is 1. The van der Waals surface area contributed by atoms with E-state index in [0.717, 1.165) is 26.2 Å². The Bertz CT molecular complexity index is 135. The molecule has 0 atom stereocenters. The molecule has 0 amide bonds. The zero-order valence-corrected chi connectivity index (χ0v) is 7.60. The van der Waals surface area contributed by atoms with Crippen molar-refractivity contribution in [3.8, 4) is 6.07 Å². The quantitative estimate of drug-likeness (QED) is 0.533. The summed E-state index contributed by atoms with van der Waals surface area (Å²) in [5, 5.41) is 8.38. The van der Waals surface area contributed by atoms with Gasteiger partial charge in [0, 0.05) is 26.2 Å². The first-order valence-corrected chi connectivity index (χ1v) is 3.61. The van der Waals surface area contributed by atoms with E-state index in [0.29, 0.717) is 6.54 Å². The second-order valence-electron chi connectivity index (χ2n) is 2.74. The van der Waals surface area contributed by atoms with Crippen molar-refractivity contribution in [3.63, 3.8) is 0 Å². The summed E-state index contributed by atoms with van der Waals surface area (Å²) in [6, 6.07) is 2.16. The highest BCUT2D eigenvalue weighted by atomic mass is 35.5. The van der Waals surface area contributed by atoms with Crippen molar-refractivity contribution >= 4 is 12.4 Å². The minimum Gasteiger partial charge on any atom is -0.304 e. The zero-order chi connectivity index (χ0) is 7.40. The fourth-order valence-corrected chi connectivity index (χ4v) is 1.11. The molecule has 1 aliphatic rings. The van der Waals surface area contributed by atoms with Gasteiger partial charge < -0.3 is 4.90 Å². The summed E-state index contributed by atoms with van der Waals surface area (Å²) >= 11 is 0. The SMILES string of the molecule is CN1CCN(CC#N)CC1.Cl. The van der Waals surface area contributed by atoms with Crippen molar-refractivity contribution in [2.24, 2.45) is 0 Å². The Balaban J connectivity index is 0.000001000. The van der Waals surface area contributed by atoms with Gasteiger partial charge in [-0.3, -0.25) is 4.90 Å². The lowest BCUT2D eigenvalue weighted by Gasteiger charge is -2.30. The molecular formula is C7H14ClN3. The summed E-state index contributed by atoms with van der Waals surface area (Å²) in [6.45, 7) is 4.88. The van der Waals surface area contributed by atoms with Crippen LogP contribution in [0.5, 0.6) is 0 Å². The topological polar surface area (TPSA) is 30.3 Å². The van der Waals surface area contributed by atoms with Gasteiger partial charge in [-0.05, 0) is 7.05 Å². The molecule has 0 aromatic heterocycles. The van der Waals surface area contributed by atoms with Gasteiger partial charge in [0.25, 0.3) is 0 Å². The number of hydrogen-bond acceptors (Lipinski definition) is 3. The molecule has 0 aromatic rings.